The number of halogens is 1. The van der Waals surface area contributed by atoms with E-state index in [0.29, 0.717) is 12.8 Å². The molecule has 0 fully saturated rings. The van der Waals surface area contributed by atoms with Gasteiger partial charge >= 0.3 is 5.97 Å². The molecule has 0 aromatic heterocycles. The maximum Gasteiger partial charge on any atom is 0.324 e. The summed E-state index contributed by atoms with van der Waals surface area (Å²) in [6, 6.07) is 2.86. The predicted octanol–water partition coefficient (Wildman–Crippen LogP) is 2.27. The van der Waals surface area contributed by atoms with Crippen LogP contribution in [-0.4, -0.2) is 26.8 Å². The summed E-state index contributed by atoms with van der Waals surface area (Å²) in [7, 11) is 0. The smallest absolute Gasteiger partial charge is 0.324 e. The summed E-state index contributed by atoms with van der Waals surface area (Å²) < 4.78 is 0. The number of phenolic OH excluding ortho intramolecular Hbond substituents is 2. The highest BCUT2D eigenvalue weighted by molar-refractivity contribution is 6.32. The Morgan fingerprint density at radius 3 is 2.53 bits per heavy atom. The molecule has 0 saturated carbocycles. The highest BCUT2D eigenvalue weighted by Crippen LogP contribution is 2.37. The molecule has 0 aliphatic rings. The Morgan fingerprint density at radius 1 is 1.37 bits per heavy atom. The Kier molecular flexibility index (Phi) is 5.03. The van der Waals surface area contributed by atoms with Gasteiger partial charge in [-0.3, -0.25) is 4.79 Å². The molecule has 6 heteroatoms. The van der Waals surface area contributed by atoms with E-state index < -0.39 is 23.0 Å². The Bertz CT molecular complexity index is 478. The number of aromatic hydroxyl groups is 2. The number of benzene rings is 1. The first kappa shape index (κ1) is 15.6. The summed E-state index contributed by atoms with van der Waals surface area (Å²) in [5.74, 6) is -2.00. The molecule has 1 rings (SSSR count). The average molecular weight is 288 g/mol. The minimum Gasteiger partial charge on any atom is -0.504 e. The van der Waals surface area contributed by atoms with Gasteiger partial charge in [0.05, 0.1) is 5.02 Å². The third-order valence-electron chi connectivity index (χ3n) is 3.09. The van der Waals surface area contributed by atoms with Crippen molar-refractivity contribution in [2.75, 3.05) is 0 Å². The highest BCUT2D eigenvalue weighted by atomic mass is 35.5. The molecule has 1 aromatic carbocycles. The van der Waals surface area contributed by atoms with Crippen molar-refractivity contribution in [3.8, 4) is 11.5 Å². The number of phenols is 2. The van der Waals surface area contributed by atoms with Crippen LogP contribution in [-0.2, 0) is 11.2 Å². The van der Waals surface area contributed by atoms with Crippen molar-refractivity contribution in [3.63, 3.8) is 0 Å². The molecule has 0 amide bonds. The number of carboxylic acid groups (broad SMARTS) is 1. The van der Waals surface area contributed by atoms with Crippen LogP contribution in [0, 0.1) is 0 Å². The fourth-order valence-corrected chi connectivity index (χ4v) is 1.99. The van der Waals surface area contributed by atoms with Gasteiger partial charge in [-0.15, -0.1) is 0 Å². The van der Waals surface area contributed by atoms with Gasteiger partial charge in [0.25, 0.3) is 0 Å². The van der Waals surface area contributed by atoms with Crippen molar-refractivity contribution in [1.82, 2.24) is 0 Å². The van der Waals surface area contributed by atoms with Crippen molar-refractivity contribution in [3.05, 3.63) is 22.7 Å². The summed E-state index contributed by atoms with van der Waals surface area (Å²) in [5, 5.41) is 28.5. The minimum absolute atomic E-state index is 0.00718. The molecule has 0 bridgehead atoms. The molecule has 0 aliphatic carbocycles. The first-order chi connectivity index (χ1) is 8.81. The SMILES string of the molecule is CCCC[C@](N)(Cc1ccc(Cl)c(O)c1O)C(=O)O. The van der Waals surface area contributed by atoms with E-state index in [-0.39, 0.29) is 17.0 Å². The van der Waals surface area contributed by atoms with E-state index in [4.69, 9.17) is 17.3 Å². The van der Waals surface area contributed by atoms with Crippen molar-refractivity contribution in [2.45, 2.75) is 38.1 Å². The summed E-state index contributed by atoms with van der Waals surface area (Å²) in [5.41, 5.74) is 4.69. The fraction of sp³-hybridized carbons (Fsp3) is 0.462. The van der Waals surface area contributed by atoms with Gasteiger partial charge in [0.2, 0.25) is 0 Å². The molecular formula is C13H18ClNO4. The molecule has 1 atom stereocenters. The van der Waals surface area contributed by atoms with Crippen molar-refractivity contribution < 1.29 is 20.1 Å². The second-order valence-electron chi connectivity index (χ2n) is 4.65. The van der Waals surface area contributed by atoms with E-state index in [1.165, 1.54) is 12.1 Å². The van der Waals surface area contributed by atoms with Crippen LogP contribution in [0.3, 0.4) is 0 Å². The number of nitrogens with two attached hydrogens (primary N) is 1. The number of aliphatic carboxylic acids is 1. The number of rotatable bonds is 6. The lowest BCUT2D eigenvalue weighted by atomic mass is 9.86. The Labute approximate surface area is 116 Å². The maximum absolute atomic E-state index is 11.3. The largest absolute Gasteiger partial charge is 0.504 e. The highest BCUT2D eigenvalue weighted by Gasteiger charge is 2.34. The van der Waals surface area contributed by atoms with Gasteiger partial charge in [0, 0.05) is 12.0 Å². The van der Waals surface area contributed by atoms with Gasteiger partial charge < -0.3 is 21.1 Å². The zero-order valence-corrected chi connectivity index (χ0v) is 11.4. The van der Waals surface area contributed by atoms with Crippen LogP contribution in [0.4, 0.5) is 0 Å². The summed E-state index contributed by atoms with van der Waals surface area (Å²) in [6.07, 6.45) is 1.72. The zero-order chi connectivity index (χ0) is 14.6. The third-order valence-corrected chi connectivity index (χ3v) is 3.40. The first-order valence-electron chi connectivity index (χ1n) is 6.03. The van der Waals surface area contributed by atoms with E-state index >= 15 is 0 Å². The summed E-state index contributed by atoms with van der Waals surface area (Å²) in [6.45, 7) is 1.94. The monoisotopic (exact) mass is 287 g/mol. The van der Waals surface area contributed by atoms with Crippen molar-refractivity contribution in [2.24, 2.45) is 5.73 Å². The summed E-state index contributed by atoms with van der Waals surface area (Å²) >= 11 is 5.65. The third kappa shape index (κ3) is 3.52. The maximum atomic E-state index is 11.3. The second kappa shape index (κ2) is 6.12. The molecule has 5 nitrogen and oxygen atoms in total. The molecule has 0 heterocycles. The molecule has 19 heavy (non-hydrogen) atoms. The van der Waals surface area contributed by atoms with Gasteiger partial charge in [-0.05, 0) is 12.5 Å². The topological polar surface area (TPSA) is 104 Å². The lowest BCUT2D eigenvalue weighted by Crippen LogP contribution is -2.49. The van der Waals surface area contributed by atoms with E-state index in [2.05, 4.69) is 0 Å². The molecule has 5 N–H and O–H groups in total. The van der Waals surface area contributed by atoms with Gasteiger partial charge in [0.15, 0.2) is 11.5 Å². The van der Waals surface area contributed by atoms with Gasteiger partial charge in [0.1, 0.15) is 5.54 Å². The number of unbranched alkanes of at least 4 members (excludes halogenated alkanes) is 1. The number of carbonyl (C=O) groups is 1. The number of carboxylic acids is 1. The molecule has 0 spiro atoms. The standard InChI is InChI=1S/C13H18ClNO4/c1-2-3-6-13(15,12(18)19)7-8-4-5-9(14)11(17)10(8)16/h4-5,16-17H,2-3,6-7,15H2,1H3,(H,18,19)/t13-/m0/s1. The van der Waals surface area contributed by atoms with Crippen LogP contribution in [0.15, 0.2) is 12.1 Å². The average Bonchev–Trinajstić information content (AvgIpc) is 2.37. The van der Waals surface area contributed by atoms with Gasteiger partial charge in [-0.25, -0.2) is 0 Å². The lowest BCUT2D eigenvalue weighted by Gasteiger charge is -2.25. The normalized spacial score (nSPS) is 14.1. The molecule has 0 radical (unpaired) electrons. The van der Waals surface area contributed by atoms with Gasteiger partial charge in [-0.2, -0.15) is 0 Å². The molecule has 106 valence electrons. The van der Waals surface area contributed by atoms with E-state index in [1.807, 2.05) is 6.92 Å². The van der Waals surface area contributed by atoms with E-state index in [0.717, 1.165) is 6.42 Å². The van der Waals surface area contributed by atoms with Crippen LogP contribution < -0.4 is 5.73 Å². The zero-order valence-electron chi connectivity index (χ0n) is 10.7. The number of hydrogen-bond acceptors (Lipinski definition) is 4. The Balaban J connectivity index is 3.04. The number of hydrogen-bond donors (Lipinski definition) is 4. The van der Waals surface area contributed by atoms with Crippen molar-refractivity contribution >= 4 is 17.6 Å². The minimum atomic E-state index is -1.46. The van der Waals surface area contributed by atoms with Crippen LogP contribution in [0.1, 0.15) is 31.7 Å². The fourth-order valence-electron chi connectivity index (χ4n) is 1.84. The van der Waals surface area contributed by atoms with Gasteiger partial charge in [-0.1, -0.05) is 37.4 Å². The molecular weight excluding hydrogens is 270 g/mol. The van der Waals surface area contributed by atoms with E-state index in [1.54, 1.807) is 0 Å². The van der Waals surface area contributed by atoms with Crippen LogP contribution >= 0.6 is 11.6 Å². The molecule has 0 aliphatic heterocycles. The van der Waals surface area contributed by atoms with E-state index in [9.17, 15) is 20.1 Å². The second-order valence-corrected chi connectivity index (χ2v) is 5.05. The van der Waals surface area contributed by atoms with Crippen LogP contribution in [0.5, 0.6) is 11.5 Å². The predicted molar refractivity (Wildman–Crippen MR) is 72.6 cm³/mol. The van der Waals surface area contributed by atoms with Crippen molar-refractivity contribution in [1.29, 1.82) is 0 Å². The van der Waals surface area contributed by atoms with Crippen LogP contribution in [0.2, 0.25) is 5.02 Å². The molecule has 0 unspecified atom stereocenters. The quantitative estimate of drug-likeness (QED) is 0.601. The lowest BCUT2D eigenvalue weighted by molar-refractivity contribution is -0.143. The summed E-state index contributed by atoms with van der Waals surface area (Å²) in [4.78, 5) is 11.3. The Hall–Kier alpha value is -1.46. The first-order valence-corrected chi connectivity index (χ1v) is 6.41. The Morgan fingerprint density at radius 2 is 2.00 bits per heavy atom. The molecule has 0 saturated heterocycles. The van der Waals surface area contributed by atoms with Crippen LogP contribution in [0.25, 0.3) is 0 Å². The molecule has 1 aromatic rings.